The van der Waals surface area contributed by atoms with Crippen LogP contribution in [-0.2, 0) is 4.74 Å². The van der Waals surface area contributed by atoms with Crippen LogP contribution in [0.5, 0.6) is 0 Å². The molecule has 0 aliphatic carbocycles. The Morgan fingerprint density at radius 1 is 1.45 bits per heavy atom. The van der Waals surface area contributed by atoms with E-state index in [0.29, 0.717) is 18.9 Å². The van der Waals surface area contributed by atoms with Gasteiger partial charge in [-0.2, -0.15) is 5.10 Å². The minimum atomic E-state index is -1.08. The molecule has 116 valence electrons. The van der Waals surface area contributed by atoms with Gasteiger partial charge in [0.25, 0.3) is 0 Å². The van der Waals surface area contributed by atoms with Crippen LogP contribution < -0.4 is 5.32 Å². The van der Waals surface area contributed by atoms with Gasteiger partial charge in [0.1, 0.15) is 0 Å². The average molecular weight is 302 g/mol. The van der Waals surface area contributed by atoms with Crippen molar-refractivity contribution < 1.29 is 14.6 Å². The summed E-state index contributed by atoms with van der Waals surface area (Å²) in [6.07, 6.45) is 4.11. The summed E-state index contributed by atoms with van der Waals surface area (Å²) in [5.74, 6) is 0.196. The lowest BCUT2D eigenvalue weighted by Crippen LogP contribution is -2.19. The van der Waals surface area contributed by atoms with Crippen LogP contribution in [0.1, 0.15) is 30.0 Å². The highest BCUT2D eigenvalue weighted by Crippen LogP contribution is 2.34. The molecular formula is C15H18N4O3. The lowest BCUT2D eigenvalue weighted by molar-refractivity contribution is 0.0846. The molecule has 1 aliphatic heterocycles. The number of H-pyrrole nitrogens is 1. The molecule has 0 bridgehead atoms. The number of aromatic nitrogens is 3. The van der Waals surface area contributed by atoms with Crippen molar-refractivity contribution >= 4 is 11.8 Å². The van der Waals surface area contributed by atoms with Gasteiger partial charge >= 0.3 is 6.09 Å². The van der Waals surface area contributed by atoms with E-state index in [-0.39, 0.29) is 5.92 Å². The minimum Gasteiger partial charge on any atom is -0.465 e. The fraction of sp³-hybridized carbons (Fsp3) is 0.400. The number of hydrogen-bond acceptors (Lipinski definition) is 4. The van der Waals surface area contributed by atoms with Gasteiger partial charge in [0, 0.05) is 30.9 Å². The Bertz CT molecular complexity index is 664. The molecule has 7 heteroatoms. The number of aryl methyl sites for hydroxylation is 1. The summed E-state index contributed by atoms with van der Waals surface area (Å²) in [5.41, 5.74) is 3.97. The lowest BCUT2D eigenvalue weighted by atomic mass is 9.93. The van der Waals surface area contributed by atoms with Gasteiger partial charge in [-0.15, -0.1) is 0 Å². The molecule has 2 aromatic heterocycles. The van der Waals surface area contributed by atoms with Crippen LogP contribution in [0.25, 0.3) is 11.3 Å². The number of amides is 1. The van der Waals surface area contributed by atoms with Crippen LogP contribution in [0.3, 0.4) is 0 Å². The fourth-order valence-electron chi connectivity index (χ4n) is 2.80. The molecule has 22 heavy (non-hydrogen) atoms. The van der Waals surface area contributed by atoms with Gasteiger partial charge in [0.2, 0.25) is 0 Å². The van der Waals surface area contributed by atoms with Gasteiger partial charge < -0.3 is 9.84 Å². The van der Waals surface area contributed by atoms with Gasteiger partial charge in [0.15, 0.2) is 0 Å². The predicted molar refractivity (Wildman–Crippen MR) is 81.0 cm³/mol. The van der Waals surface area contributed by atoms with E-state index in [0.717, 1.165) is 35.4 Å². The second-order valence-corrected chi connectivity index (χ2v) is 5.39. The van der Waals surface area contributed by atoms with Crippen molar-refractivity contribution in [2.24, 2.45) is 0 Å². The number of carbonyl (C=O) groups is 1. The summed E-state index contributed by atoms with van der Waals surface area (Å²) in [7, 11) is 0. The molecule has 0 radical (unpaired) electrons. The third-order valence-corrected chi connectivity index (χ3v) is 3.86. The maximum atomic E-state index is 11.1. The van der Waals surface area contributed by atoms with Crippen LogP contribution in [0, 0.1) is 6.92 Å². The Kier molecular flexibility index (Phi) is 4.06. The Balaban J connectivity index is 2.06. The Morgan fingerprint density at radius 3 is 2.86 bits per heavy atom. The molecule has 1 amide bonds. The smallest absolute Gasteiger partial charge is 0.409 e. The standard InChI is InChI=1S/C15H18N4O3/c1-9-6-12(18-15(20)21)14(10-2-4-22-5-3-10)19-13(9)11-7-16-17-8-11/h6-8,10,18H,2-5H2,1H3,(H,16,17)(H,20,21). The van der Waals surface area contributed by atoms with E-state index in [2.05, 4.69) is 15.5 Å². The molecule has 3 heterocycles. The van der Waals surface area contributed by atoms with E-state index in [9.17, 15) is 4.79 Å². The number of aromatic amines is 1. The summed E-state index contributed by atoms with van der Waals surface area (Å²) < 4.78 is 5.39. The number of hydrogen-bond donors (Lipinski definition) is 3. The molecule has 7 nitrogen and oxygen atoms in total. The molecular weight excluding hydrogens is 284 g/mol. The van der Waals surface area contributed by atoms with Gasteiger partial charge in [-0.05, 0) is 31.4 Å². The number of ether oxygens (including phenoxy) is 1. The van der Waals surface area contributed by atoms with E-state index in [1.165, 1.54) is 0 Å². The van der Waals surface area contributed by atoms with Gasteiger partial charge in [0.05, 0.1) is 23.3 Å². The molecule has 0 unspecified atom stereocenters. The number of nitrogens with one attached hydrogen (secondary N) is 2. The first-order valence-electron chi connectivity index (χ1n) is 7.23. The lowest BCUT2D eigenvalue weighted by Gasteiger charge is -2.24. The maximum absolute atomic E-state index is 11.1. The van der Waals surface area contributed by atoms with Crippen molar-refractivity contribution in [3.05, 3.63) is 29.7 Å². The summed E-state index contributed by atoms with van der Waals surface area (Å²) in [5, 5.41) is 18.3. The first-order valence-corrected chi connectivity index (χ1v) is 7.23. The first kappa shape index (κ1) is 14.5. The van der Waals surface area contributed by atoms with Crippen molar-refractivity contribution in [2.45, 2.75) is 25.7 Å². The summed E-state index contributed by atoms with van der Waals surface area (Å²) in [6, 6.07) is 1.84. The van der Waals surface area contributed by atoms with Gasteiger partial charge in [-0.3, -0.25) is 10.4 Å². The Morgan fingerprint density at radius 2 is 2.23 bits per heavy atom. The van der Waals surface area contributed by atoms with Crippen LogP contribution in [0.4, 0.5) is 10.5 Å². The third-order valence-electron chi connectivity index (χ3n) is 3.86. The monoisotopic (exact) mass is 302 g/mol. The molecule has 2 aromatic rings. The molecule has 0 saturated carbocycles. The van der Waals surface area contributed by atoms with Crippen LogP contribution in [-0.4, -0.2) is 39.6 Å². The number of nitrogens with zero attached hydrogens (tertiary/aromatic N) is 2. The van der Waals surface area contributed by atoms with Crippen LogP contribution >= 0.6 is 0 Å². The normalized spacial score (nSPS) is 15.7. The maximum Gasteiger partial charge on any atom is 0.409 e. The van der Waals surface area contributed by atoms with E-state index < -0.39 is 6.09 Å². The minimum absolute atomic E-state index is 0.196. The molecule has 3 rings (SSSR count). The Hall–Kier alpha value is -2.41. The summed E-state index contributed by atoms with van der Waals surface area (Å²) in [6.45, 7) is 3.26. The van der Waals surface area contributed by atoms with Crippen molar-refractivity contribution in [3.63, 3.8) is 0 Å². The highest BCUT2D eigenvalue weighted by molar-refractivity contribution is 5.84. The number of pyridine rings is 1. The van der Waals surface area contributed by atoms with Gasteiger partial charge in [-0.1, -0.05) is 0 Å². The van der Waals surface area contributed by atoms with Gasteiger partial charge in [-0.25, -0.2) is 9.78 Å². The van der Waals surface area contributed by atoms with E-state index in [4.69, 9.17) is 14.8 Å². The van der Waals surface area contributed by atoms with E-state index in [1.807, 2.05) is 13.0 Å². The zero-order valence-corrected chi connectivity index (χ0v) is 12.3. The van der Waals surface area contributed by atoms with E-state index >= 15 is 0 Å². The van der Waals surface area contributed by atoms with Crippen molar-refractivity contribution in [1.82, 2.24) is 15.2 Å². The largest absolute Gasteiger partial charge is 0.465 e. The van der Waals surface area contributed by atoms with Crippen LogP contribution in [0.2, 0.25) is 0 Å². The summed E-state index contributed by atoms with van der Waals surface area (Å²) >= 11 is 0. The number of anilines is 1. The van der Waals surface area contributed by atoms with Crippen molar-refractivity contribution in [2.75, 3.05) is 18.5 Å². The second-order valence-electron chi connectivity index (χ2n) is 5.39. The number of rotatable bonds is 3. The molecule has 0 atom stereocenters. The SMILES string of the molecule is Cc1cc(NC(=O)O)c(C2CCOCC2)nc1-c1cn[nH]c1. The molecule has 1 fully saturated rings. The quantitative estimate of drug-likeness (QED) is 0.809. The second kappa shape index (κ2) is 6.15. The summed E-state index contributed by atoms with van der Waals surface area (Å²) in [4.78, 5) is 15.8. The third kappa shape index (κ3) is 2.94. The number of carboxylic acid groups (broad SMARTS) is 1. The molecule has 1 aliphatic rings. The molecule has 1 saturated heterocycles. The predicted octanol–water partition coefficient (Wildman–Crippen LogP) is 2.76. The van der Waals surface area contributed by atoms with Crippen LogP contribution in [0.15, 0.2) is 18.5 Å². The molecule has 3 N–H and O–H groups in total. The molecule has 0 spiro atoms. The Labute approximate surface area is 127 Å². The van der Waals surface area contributed by atoms with E-state index in [1.54, 1.807) is 12.4 Å². The zero-order valence-electron chi connectivity index (χ0n) is 12.3. The zero-order chi connectivity index (χ0) is 15.5. The molecule has 0 aromatic carbocycles. The highest BCUT2D eigenvalue weighted by atomic mass is 16.5. The topological polar surface area (TPSA) is 100 Å². The fourth-order valence-corrected chi connectivity index (χ4v) is 2.80. The van der Waals surface area contributed by atoms with Crippen molar-refractivity contribution in [1.29, 1.82) is 0 Å². The average Bonchev–Trinajstić information content (AvgIpc) is 3.02. The highest BCUT2D eigenvalue weighted by Gasteiger charge is 2.23. The van der Waals surface area contributed by atoms with Crippen molar-refractivity contribution in [3.8, 4) is 11.3 Å². The first-order chi connectivity index (χ1) is 10.6.